The fraction of sp³-hybridized carbons (Fsp3) is 0.538. The van der Waals surface area contributed by atoms with Crippen LogP contribution in [0, 0.1) is 10.8 Å². The van der Waals surface area contributed by atoms with Crippen molar-refractivity contribution in [1.29, 1.82) is 0 Å². The number of nitrogens with two attached hydrogens (primary N) is 1. The second kappa shape index (κ2) is 4.97. The molecule has 0 radical (unpaired) electrons. The Labute approximate surface area is 119 Å². The molecule has 1 aromatic heterocycles. The monoisotopic (exact) mass is 293 g/mol. The van der Waals surface area contributed by atoms with E-state index in [9.17, 15) is 14.5 Å². The maximum absolute atomic E-state index is 11.9. The minimum atomic E-state index is -0.522. The number of amides is 2. The first-order valence-electron chi connectivity index (χ1n) is 6.67. The standard InChI is InChI=1S/C13H15N3O3S/c14-11(17)10-8-4-3-7(16-19)5-9(8)20-13(10)15-12(18)6-1-2-6/h6-7H,1-5H2,(H2,14,17)(H,15,18). The molecule has 1 atom stereocenters. The minimum Gasteiger partial charge on any atom is -0.365 e. The molecule has 1 heterocycles. The average Bonchev–Trinajstić information content (AvgIpc) is 3.19. The summed E-state index contributed by atoms with van der Waals surface area (Å²) in [5, 5.41) is 6.43. The molecule has 2 aliphatic carbocycles. The Morgan fingerprint density at radius 3 is 2.65 bits per heavy atom. The van der Waals surface area contributed by atoms with Crippen molar-refractivity contribution in [2.45, 2.75) is 38.1 Å². The highest BCUT2D eigenvalue weighted by atomic mass is 32.1. The Balaban J connectivity index is 1.92. The molecular weight excluding hydrogens is 278 g/mol. The lowest BCUT2D eigenvalue weighted by Gasteiger charge is -2.16. The third kappa shape index (κ3) is 2.33. The summed E-state index contributed by atoms with van der Waals surface area (Å²) in [4.78, 5) is 35.1. The molecule has 1 aromatic rings. The van der Waals surface area contributed by atoms with Crippen molar-refractivity contribution in [3.05, 3.63) is 20.9 Å². The number of nitrogens with zero attached hydrogens (tertiary/aromatic N) is 1. The van der Waals surface area contributed by atoms with Gasteiger partial charge in [0.05, 0.1) is 11.6 Å². The summed E-state index contributed by atoms with van der Waals surface area (Å²) in [7, 11) is 0. The van der Waals surface area contributed by atoms with Crippen LogP contribution in [0.4, 0.5) is 5.00 Å². The van der Waals surface area contributed by atoms with Crippen LogP contribution in [0.25, 0.3) is 0 Å². The van der Waals surface area contributed by atoms with E-state index in [2.05, 4.69) is 10.5 Å². The zero-order chi connectivity index (χ0) is 14.3. The van der Waals surface area contributed by atoms with E-state index in [4.69, 9.17) is 5.73 Å². The van der Waals surface area contributed by atoms with Gasteiger partial charge in [-0.15, -0.1) is 11.3 Å². The molecule has 7 heteroatoms. The predicted molar refractivity (Wildman–Crippen MR) is 75.8 cm³/mol. The predicted octanol–water partition coefficient (Wildman–Crippen LogP) is 1.82. The van der Waals surface area contributed by atoms with E-state index in [0.29, 0.717) is 29.8 Å². The van der Waals surface area contributed by atoms with Crippen LogP contribution in [0.1, 0.15) is 40.1 Å². The quantitative estimate of drug-likeness (QED) is 0.828. The molecule has 1 fully saturated rings. The van der Waals surface area contributed by atoms with E-state index in [-0.39, 0.29) is 17.9 Å². The molecule has 0 bridgehead atoms. The first-order valence-corrected chi connectivity index (χ1v) is 7.49. The number of primary amides is 1. The van der Waals surface area contributed by atoms with Gasteiger partial charge in [0.15, 0.2) is 0 Å². The van der Waals surface area contributed by atoms with Gasteiger partial charge in [0.2, 0.25) is 5.91 Å². The van der Waals surface area contributed by atoms with Crippen LogP contribution in [0.3, 0.4) is 0 Å². The number of hydrogen-bond donors (Lipinski definition) is 2. The van der Waals surface area contributed by atoms with E-state index in [1.54, 1.807) is 0 Å². The highest BCUT2D eigenvalue weighted by molar-refractivity contribution is 7.17. The van der Waals surface area contributed by atoms with Crippen LogP contribution in [0.15, 0.2) is 5.18 Å². The van der Waals surface area contributed by atoms with Crippen molar-refractivity contribution >= 4 is 28.2 Å². The van der Waals surface area contributed by atoms with Gasteiger partial charge in [-0.1, -0.05) is 5.18 Å². The molecule has 3 rings (SSSR count). The highest BCUT2D eigenvalue weighted by Crippen LogP contribution is 2.40. The molecule has 106 valence electrons. The average molecular weight is 293 g/mol. The fourth-order valence-corrected chi connectivity index (χ4v) is 3.89. The molecule has 6 nitrogen and oxygen atoms in total. The van der Waals surface area contributed by atoms with Crippen LogP contribution < -0.4 is 11.1 Å². The van der Waals surface area contributed by atoms with E-state index in [1.165, 1.54) is 11.3 Å². The van der Waals surface area contributed by atoms with E-state index >= 15 is 0 Å². The lowest BCUT2D eigenvalue weighted by Crippen LogP contribution is -2.21. The SMILES string of the molecule is NC(=O)c1c(NC(=O)C2CC2)sc2c1CCC(N=O)C2. The lowest BCUT2D eigenvalue weighted by molar-refractivity contribution is -0.117. The van der Waals surface area contributed by atoms with Gasteiger partial charge in [0, 0.05) is 17.2 Å². The Morgan fingerprint density at radius 2 is 2.05 bits per heavy atom. The normalized spacial score (nSPS) is 21.1. The van der Waals surface area contributed by atoms with Crippen molar-refractivity contribution in [3.8, 4) is 0 Å². The second-order valence-electron chi connectivity index (χ2n) is 5.34. The van der Waals surface area contributed by atoms with Gasteiger partial charge in [-0.2, -0.15) is 4.91 Å². The first-order chi connectivity index (χ1) is 9.60. The molecule has 0 saturated heterocycles. The van der Waals surface area contributed by atoms with Crippen molar-refractivity contribution in [1.82, 2.24) is 0 Å². The lowest BCUT2D eigenvalue weighted by atomic mass is 9.92. The van der Waals surface area contributed by atoms with Gasteiger partial charge in [-0.3, -0.25) is 9.59 Å². The van der Waals surface area contributed by atoms with E-state index in [0.717, 1.165) is 23.3 Å². The first kappa shape index (κ1) is 13.2. The minimum absolute atomic E-state index is 0.0452. The summed E-state index contributed by atoms with van der Waals surface area (Å²) < 4.78 is 0. The molecule has 3 N–H and O–H groups in total. The van der Waals surface area contributed by atoms with Gasteiger partial charge in [-0.05, 0) is 31.2 Å². The summed E-state index contributed by atoms with van der Waals surface area (Å²) in [6.07, 6.45) is 3.58. The third-order valence-electron chi connectivity index (χ3n) is 3.82. The number of rotatable bonds is 4. The van der Waals surface area contributed by atoms with Crippen molar-refractivity contribution in [2.24, 2.45) is 16.8 Å². The topological polar surface area (TPSA) is 102 Å². The Bertz CT molecular complexity index is 592. The maximum atomic E-state index is 11.9. The molecule has 1 unspecified atom stereocenters. The van der Waals surface area contributed by atoms with Crippen LogP contribution in [-0.2, 0) is 17.6 Å². The zero-order valence-corrected chi connectivity index (χ0v) is 11.7. The number of nitroso groups, excluding NO2 is 1. The molecule has 0 aromatic carbocycles. The number of carbonyl (C=O) groups is 2. The molecular formula is C13H15N3O3S. The van der Waals surface area contributed by atoms with Gasteiger partial charge in [0.1, 0.15) is 5.00 Å². The van der Waals surface area contributed by atoms with Crippen LogP contribution >= 0.6 is 11.3 Å². The van der Waals surface area contributed by atoms with Crippen molar-refractivity contribution < 1.29 is 9.59 Å². The van der Waals surface area contributed by atoms with Crippen LogP contribution in [0.2, 0.25) is 0 Å². The largest absolute Gasteiger partial charge is 0.365 e. The molecule has 0 aliphatic heterocycles. The van der Waals surface area contributed by atoms with Crippen molar-refractivity contribution in [3.63, 3.8) is 0 Å². The van der Waals surface area contributed by atoms with E-state index < -0.39 is 5.91 Å². The number of carbonyl (C=O) groups excluding carboxylic acids is 2. The molecule has 2 amide bonds. The zero-order valence-electron chi connectivity index (χ0n) is 10.8. The Kier molecular flexibility index (Phi) is 3.29. The number of thiophene rings is 1. The molecule has 20 heavy (non-hydrogen) atoms. The number of hydrogen-bond acceptors (Lipinski definition) is 5. The summed E-state index contributed by atoms with van der Waals surface area (Å²) in [6.45, 7) is 0. The summed E-state index contributed by atoms with van der Waals surface area (Å²) in [6, 6.07) is -0.242. The smallest absolute Gasteiger partial charge is 0.251 e. The maximum Gasteiger partial charge on any atom is 0.251 e. The third-order valence-corrected chi connectivity index (χ3v) is 4.99. The molecule has 2 aliphatic rings. The van der Waals surface area contributed by atoms with Gasteiger partial charge >= 0.3 is 0 Å². The number of fused-ring (bicyclic) bond motifs is 1. The van der Waals surface area contributed by atoms with Crippen LogP contribution in [-0.4, -0.2) is 17.9 Å². The van der Waals surface area contributed by atoms with E-state index in [1.807, 2.05) is 0 Å². The van der Waals surface area contributed by atoms with Crippen LogP contribution in [0.5, 0.6) is 0 Å². The summed E-state index contributed by atoms with van der Waals surface area (Å²) in [5.41, 5.74) is 6.75. The van der Waals surface area contributed by atoms with Gasteiger partial charge in [0.25, 0.3) is 5.91 Å². The second-order valence-corrected chi connectivity index (χ2v) is 6.44. The van der Waals surface area contributed by atoms with Gasteiger partial charge in [-0.25, -0.2) is 0 Å². The molecule has 0 spiro atoms. The number of nitrogens with one attached hydrogen (secondary N) is 1. The Morgan fingerprint density at radius 1 is 1.30 bits per heavy atom. The fourth-order valence-electron chi connectivity index (χ4n) is 2.57. The number of anilines is 1. The highest BCUT2D eigenvalue weighted by Gasteiger charge is 2.33. The molecule has 1 saturated carbocycles. The Hall–Kier alpha value is -1.76. The summed E-state index contributed by atoms with van der Waals surface area (Å²) >= 11 is 1.35. The van der Waals surface area contributed by atoms with Crippen molar-refractivity contribution in [2.75, 3.05) is 5.32 Å². The summed E-state index contributed by atoms with van der Waals surface area (Å²) in [5.74, 6) is -0.499. The van der Waals surface area contributed by atoms with Gasteiger partial charge < -0.3 is 11.1 Å².